The van der Waals surface area contributed by atoms with Crippen LogP contribution in [0.1, 0.15) is 33.6 Å². The zero-order valence-corrected chi connectivity index (χ0v) is 10.7. The van der Waals surface area contributed by atoms with Gasteiger partial charge in [0.2, 0.25) is 0 Å². The summed E-state index contributed by atoms with van der Waals surface area (Å²) in [5, 5.41) is 17.2. The van der Waals surface area contributed by atoms with E-state index in [2.05, 4.69) is 0 Å². The molecule has 0 amide bonds. The Balaban J connectivity index is -0.000000720. The standard InChI is InChI=1S/C9H16O4.2ClH/c1-6(4-7(10)11)5-9(2,3)8(12)13;;/h6H,4-5H2,1-3H3,(H,10,11)(H,12,13);2*1H. The van der Waals surface area contributed by atoms with Gasteiger partial charge < -0.3 is 10.2 Å². The minimum atomic E-state index is -0.885. The fourth-order valence-corrected chi connectivity index (χ4v) is 1.33. The zero-order valence-electron chi connectivity index (χ0n) is 9.02. The first kappa shape index (κ1) is 20.0. The lowest BCUT2D eigenvalue weighted by atomic mass is 9.82. The summed E-state index contributed by atoms with van der Waals surface area (Å²) < 4.78 is 0. The van der Waals surface area contributed by atoms with Crippen LogP contribution < -0.4 is 0 Å². The lowest BCUT2D eigenvalue weighted by molar-refractivity contribution is -0.149. The molecular formula is C9H18Cl2O4. The molecule has 0 rings (SSSR count). The van der Waals surface area contributed by atoms with Gasteiger partial charge in [0.1, 0.15) is 0 Å². The average Bonchev–Trinajstić information content (AvgIpc) is 1.82. The van der Waals surface area contributed by atoms with Crippen LogP contribution in [0.3, 0.4) is 0 Å². The first-order valence-electron chi connectivity index (χ1n) is 4.21. The summed E-state index contributed by atoms with van der Waals surface area (Å²) in [5.74, 6) is -1.87. The van der Waals surface area contributed by atoms with Gasteiger partial charge in [0, 0.05) is 6.42 Å². The highest BCUT2D eigenvalue weighted by molar-refractivity contribution is 5.85. The molecule has 0 bridgehead atoms. The van der Waals surface area contributed by atoms with E-state index in [1.807, 2.05) is 0 Å². The zero-order chi connectivity index (χ0) is 10.6. The van der Waals surface area contributed by atoms with Crippen molar-refractivity contribution in [3.63, 3.8) is 0 Å². The van der Waals surface area contributed by atoms with Crippen LogP contribution in [-0.2, 0) is 9.59 Å². The van der Waals surface area contributed by atoms with Gasteiger partial charge in [-0.05, 0) is 26.2 Å². The normalized spacial score (nSPS) is 11.9. The van der Waals surface area contributed by atoms with Crippen LogP contribution in [0.15, 0.2) is 0 Å². The number of rotatable bonds is 5. The van der Waals surface area contributed by atoms with Crippen LogP contribution in [0.25, 0.3) is 0 Å². The van der Waals surface area contributed by atoms with Crippen molar-refractivity contribution < 1.29 is 19.8 Å². The first-order chi connectivity index (χ1) is 5.75. The number of hydrogen-bond donors (Lipinski definition) is 2. The van der Waals surface area contributed by atoms with Gasteiger partial charge in [0.25, 0.3) is 0 Å². The molecule has 0 aliphatic carbocycles. The second-order valence-electron chi connectivity index (χ2n) is 4.10. The van der Waals surface area contributed by atoms with Crippen molar-refractivity contribution in [2.75, 3.05) is 0 Å². The summed E-state index contributed by atoms with van der Waals surface area (Å²) in [6.07, 6.45) is 0.408. The van der Waals surface area contributed by atoms with Crippen LogP contribution in [0.5, 0.6) is 0 Å². The SMILES string of the molecule is CC(CC(=O)O)CC(C)(C)C(=O)O.Cl.Cl. The number of carboxylic acid groups (broad SMARTS) is 2. The molecule has 0 spiro atoms. The largest absolute Gasteiger partial charge is 0.481 e. The molecule has 0 radical (unpaired) electrons. The third kappa shape index (κ3) is 8.51. The number of halogens is 2. The summed E-state index contributed by atoms with van der Waals surface area (Å²) >= 11 is 0. The van der Waals surface area contributed by atoms with Crippen molar-refractivity contribution in [3.8, 4) is 0 Å². The van der Waals surface area contributed by atoms with Crippen molar-refractivity contribution >= 4 is 36.8 Å². The lowest BCUT2D eigenvalue weighted by Gasteiger charge is -2.22. The third-order valence-electron chi connectivity index (χ3n) is 1.96. The number of aliphatic carboxylic acids is 2. The van der Waals surface area contributed by atoms with E-state index in [0.29, 0.717) is 6.42 Å². The number of carboxylic acids is 2. The molecule has 0 saturated carbocycles. The number of hydrogen-bond acceptors (Lipinski definition) is 2. The van der Waals surface area contributed by atoms with E-state index in [1.165, 1.54) is 0 Å². The summed E-state index contributed by atoms with van der Waals surface area (Å²) in [4.78, 5) is 21.0. The average molecular weight is 261 g/mol. The Labute approximate surface area is 102 Å². The fraction of sp³-hybridized carbons (Fsp3) is 0.778. The van der Waals surface area contributed by atoms with Gasteiger partial charge in [-0.15, -0.1) is 24.8 Å². The van der Waals surface area contributed by atoms with E-state index in [0.717, 1.165) is 0 Å². The maximum Gasteiger partial charge on any atom is 0.309 e. The summed E-state index contributed by atoms with van der Waals surface area (Å²) in [6, 6.07) is 0. The molecule has 15 heavy (non-hydrogen) atoms. The molecule has 0 aromatic heterocycles. The molecule has 1 unspecified atom stereocenters. The summed E-state index contributed by atoms with van der Waals surface area (Å²) in [5.41, 5.74) is -0.838. The minimum absolute atomic E-state index is 0. The molecule has 0 saturated heterocycles. The smallest absolute Gasteiger partial charge is 0.309 e. The van der Waals surface area contributed by atoms with Gasteiger partial charge in [0.15, 0.2) is 0 Å². The molecule has 0 aliphatic rings. The highest BCUT2D eigenvalue weighted by atomic mass is 35.5. The molecule has 2 N–H and O–H groups in total. The van der Waals surface area contributed by atoms with Gasteiger partial charge >= 0.3 is 11.9 Å². The highest BCUT2D eigenvalue weighted by Gasteiger charge is 2.29. The van der Waals surface area contributed by atoms with Crippen molar-refractivity contribution in [3.05, 3.63) is 0 Å². The van der Waals surface area contributed by atoms with Gasteiger partial charge in [-0.3, -0.25) is 9.59 Å². The van der Waals surface area contributed by atoms with Crippen molar-refractivity contribution in [1.82, 2.24) is 0 Å². The Morgan fingerprint density at radius 3 is 1.87 bits per heavy atom. The second-order valence-corrected chi connectivity index (χ2v) is 4.10. The number of carbonyl (C=O) groups is 2. The van der Waals surface area contributed by atoms with E-state index in [9.17, 15) is 9.59 Å². The molecular weight excluding hydrogens is 243 g/mol. The molecule has 0 aliphatic heterocycles. The van der Waals surface area contributed by atoms with Gasteiger partial charge in [-0.1, -0.05) is 6.92 Å². The van der Waals surface area contributed by atoms with Crippen LogP contribution >= 0.6 is 24.8 Å². The maximum atomic E-state index is 10.7. The Morgan fingerprint density at radius 2 is 1.60 bits per heavy atom. The van der Waals surface area contributed by atoms with Crippen molar-refractivity contribution in [2.24, 2.45) is 11.3 Å². The quantitative estimate of drug-likeness (QED) is 0.797. The van der Waals surface area contributed by atoms with E-state index in [4.69, 9.17) is 10.2 Å². The van der Waals surface area contributed by atoms with Crippen molar-refractivity contribution in [1.29, 1.82) is 0 Å². The van der Waals surface area contributed by atoms with Gasteiger partial charge in [-0.25, -0.2) is 0 Å². The Bertz CT molecular complexity index is 216. The molecule has 6 heteroatoms. The Kier molecular flexibility index (Phi) is 10.4. The lowest BCUT2D eigenvalue weighted by Crippen LogP contribution is -2.26. The van der Waals surface area contributed by atoms with Crippen LogP contribution in [0.4, 0.5) is 0 Å². The van der Waals surface area contributed by atoms with Gasteiger partial charge in [0.05, 0.1) is 5.41 Å². The van der Waals surface area contributed by atoms with Gasteiger partial charge in [-0.2, -0.15) is 0 Å². The first-order valence-corrected chi connectivity index (χ1v) is 4.21. The third-order valence-corrected chi connectivity index (χ3v) is 1.96. The molecule has 4 nitrogen and oxygen atoms in total. The van der Waals surface area contributed by atoms with Crippen LogP contribution in [0.2, 0.25) is 0 Å². The Hall–Kier alpha value is -0.480. The molecule has 1 atom stereocenters. The molecule has 92 valence electrons. The minimum Gasteiger partial charge on any atom is -0.481 e. The molecule has 0 fully saturated rings. The van der Waals surface area contributed by atoms with E-state index >= 15 is 0 Å². The summed E-state index contributed by atoms with van der Waals surface area (Å²) in [7, 11) is 0. The topological polar surface area (TPSA) is 74.6 Å². The maximum absolute atomic E-state index is 10.7. The fourth-order valence-electron chi connectivity index (χ4n) is 1.33. The highest BCUT2D eigenvalue weighted by Crippen LogP contribution is 2.27. The Morgan fingerprint density at radius 1 is 1.20 bits per heavy atom. The predicted molar refractivity (Wildman–Crippen MR) is 61.9 cm³/mol. The van der Waals surface area contributed by atoms with E-state index in [1.54, 1.807) is 20.8 Å². The summed E-state index contributed by atoms with van der Waals surface area (Å²) in [6.45, 7) is 4.96. The van der Waals surface area contributed by atoms with Crippen LogP contribution in [-0.4, -0.2) is 22.2 Å². The monoisotopic (exact) mass is 260 g/mol. The molecule has 0 aromatic rings. The second kappa shape index (κ2) is 7.77. The van der Waals surface area contributed by atoms with Crippen molar-refractivity contribution in [2.45, 2.75) is 33.6 Å². The van der Waals surface area contributed by atoms with E-state index in [-0.39, 0.29) is 37.2 Å². The van der Waals surface area contributed by atoms with E-state index < -0.39 is 17.4 Å². The molecule has 0 heterocycles. The molecule has 0 aromatic carbocycles. The predicted octanol–water partition coefficient (Wildman–Crippen LogP) is 2.44. The van der Waals surface area contributed by atoms with Crippen LogP contribution in [0, 0.1) is 11.3 Å².